The van der Waals surface area contributed by atoms with Gasteiger partial charge in [0.1, 0.15) is 0 Å². The molecule has 0 spiro atoms. The molecule has 1 N–H and O–H groups in total. The fraction of sp³-hybridized carbons (Fsp3) is 0.500. The number of fused-ring (bicyclic) bond motifs is 1. The second-order valence-corrected chi connectivity index (χ2v) is 2.42. The van der Waals surface area contributed by atoms with Crippen molar-refractivity contribution in [3.63, 3.8) is 0 Å². The molecule has 1 aliphatic carbocycles. The summed E-state index contributed by atoms with van der Waals surface area (Å²) < 4.78 is 0. The average Bonchev–Trinajstić information content (AvgIpc) is 1.76. The van der Waals surface area contributed by atoms with Gasteiger partial charge in [-0.3, -0.25) is 4.79 Å². The molecule has 1 heterocycles. The highest BCUT2D eigenvalue weighted by atomic mass is 16.2. The molecule has 2 nitrogen and oxygen atoms in total. The van der Waals surface area contributed by atoms with Crippen molar-refractivity contribution in [1.29, 1.82) is 0 Å². The van der Waals surface area contributed by atoms with Crippen molar-refractivity contribution in [2.45, 2.75) is 13.0 Å². The molecular formula is C6H7NO. The second-order valence-electron chi connectivity index (χ2n) is 2.42. The van der Waals surface area contributed by atoms with Gasteiger partial charge < -0.3 is 5.32 Å². The van der Waals surface area contributed by atoms with Gasteiger partial charge in [-0.15, -0.1) is 0 Å². The van der Waals surface area contributed by atoms with Gasteiger partial charge >= 0.3 is 0 Å². The van der Waals surface area contributed by atoms with Crippen LogP contribution in [0.5, 0.6) is 0 Å². The van der Waals surface area contributed by atoms with Crippen LogP contribution in [0.4, 0.5) is 0 Å². The molecule has 8 heavy (non-hydrogen) atoms. The molecule has 0 aromatic heterocycles. The van der Waals surface area contributed by atoms with Crippen molar-refractivity contribution in [2.24, 2.45) is 5.92 Å². The van der Waals surface area contributed by atoms with Crippen LogP contribution in [0.25, 0.3) is 0 Å². The Kier molecular flexibility index (Phi) is 0.498. The second kappa shape index (κ2) is 0.966. The van der Waals surface area contributed by atoms with E-state index >= 15 is 0 Å². The predicted octanol–water partition coefficient (Wildman–Crippen LogP) is 0.0609. The molecule has 2 heteroatoms. The molecule has 2 rings (SSSR count). The van der Waals surface area contributed by atoms with E-state index in [4.69, 9.17) is 0 Å². The van der Waals surface area contributed by atoms with E-state index in [-0.39, 0.29) is 11.8 Å². The summed E-state index contributed by atoms with van der Waals surface area (Å²) in [5, 5.41) is 2.78. The first-order valence-corrected chi connectivity index (χ1v) is 2.78. The van der Waals surface area contributed by atoms with Crippen molar-refractivity contribution in [2.75, 3.05) is 0 Å². The summed E-state index contributed by atoms with van der Waals surface area (Å²) >= 11 is 0. The number of β-lactam (4-membered cyclic amide) rings is 1. The van der Waals surface area contributed by atoms with Crippen LogP contribution in [0, 0.1) is 5.92 Å². The Morgan fingerprint density at radius 1 is 1.75 bits per heavy atom. The van der Waals surface area contributed by atoms with Crippen LogP contribution in [0.15, 0.2) is 11.6 Å². The maximum atomic E-state index is 10.5. The molecule has 0 saturated carbocycles. The monoisotopic (exact) mass is 109 g/mol. The van der Waals surface area contributed by atoms with Crippen LogP contribution >= 0.6 is 0 Å². The van der Waals surface area contributed by atoms with E-state index in [9.17, 15) is 4.79 Å². The molecule has 42 valence electrons. The molecule has 0 aromatic rings. The minimum atomic E-state index is 0.195. The van der Waals surface area contributed by atoms with Crippen molar-refractivity contribution in [3.8, 4) is 0 Å². The first-order chi connectivity index (χ1) is 3.79. The Balaban J connectivity index is 2.25. The van der Waals surface area contributed by atoms with Crippen molar-refractivity contribution in [3.05, 3.63) is 11.6 Å². The Morgan fingerprint density at radius 2 is 2.50 bits per heavy atom. The zero-order valence-electron chi connectivity index (χ0n) is 4.64. The predicted molar refractivity (Wildman–Crippen MR) is 29.2 cm³/mol. The van der Waals surface area contributed by atoms with Gasteiger partial charge in [0.15, 0.2) is 0 Å². The Labute approximate surface area is 47.6 Å². The zero-order chi connectivity index (χ0) is 5.72. The Morgan fingerprint density at radius 3 is 2.62 bits per heavy atom. The van der Waals surface area contributed by atoms with Crippen LogP contribution in [0.1, 0.15) is 6.92 Å². The number of nitrogens with one attached hydrogen (secondary N) is 1. The highest BCUT2D eigenvalue weighted by Crippen LogP contribution is 2.32. The van der Waals surface area contributed by atoms with Gasteiger partial charge in [-0.05, 0) is 6.92 Å². The maximum Gasteiger partial charge on any atom is 0.229 e. The molecular weight excluding hydrogens is 102 g/mol. The van der Waals surface area contributed by atoms with E-state index < -0.39 is 0 Å². The smallest absolute Gasteiger partial charge is 0.229 e. The molecule has 1 amide bonds. The van der Waals surface area contributed by atoms with Crippen molar-refractivity contribution >= 4 is 5.91 Å². The summed E-state index contributed by atoms with van der Waals surface area (Å²) in [5.41, 5.74) is 1.31. The summed E-state index contributed by atoms with van der Waals surface area (Å²) in [5.74, 6) is 0.440. The van der Waals surface area contributed by atoms with Crippen LogP contribution in [0.2, 0.25) is 0 Å². The number of hydrogen-bond acceptors (Lipinski definition) is 1. The minimum absolute atomic E-state index is 0.195. The minimum Gasteiger partial charge on any atom is -0.348 e. The van der Waals surface area contributed by atoms with Gasteiger partial charge in [-0.25, -0.2) is 0 Å². The molecule has 1 fully saturated rings. The molecule has 2 aliphatic rings. The third kappa shape index (κ3) is 0.250. The summed E-state index contributed by atoms with van der Waals surface area (Å²) in [6.45, 7) is 2.04. The molecule has 0 bridgehead atoms. The van der Waals surface area contributed by atoms with Crippen LogP contribution in [-0.4, -0.2) is 11.9 Å². The number of hydrogen-bond donors (Lipinski definition) is 1. The van der Waals surface area contributed by atoms with E-state index in [1.807, 2.05) is 13.0 Å². The third-order valence-electron chi connectivity index (χ3n) is 1.89. The quantitative estimate of drug-likeness (QED) is 0.346. The third-order valence-corrected chi connectivity index (χ3v) is 1.89. The molecule has 1 aliphatic heterocycles. The fourth-order valence-electron chi connectivity index (χ4n) is 1.23. The SMILES string of the molecule is CC1=C[C@@H]2C(=O)N[C@H]12. The first-order valence-electron chi connectivity index (χ1n) is 2.78. The lowest BCUT2D eigenvalue weighted by atomic mass is 9.75. The molecule has 1 saturated heterocycles. The summed E-state index contributed by atoms with van der Waals surface area (Å²) in [7, 11) is 0. The zero-order valence-corrected chi connectivity index (χ0v) is 4.64. The van der Waals surface area contributed by atoms with Crippen LogP contribution in [0.3, 0.4) is 0 Å². The van der Waals surface area contributed by atoms with Crippen molar-refractivity contribution < 1.29 is 4.79 Å². The van der Waals surface area contributed by atoms with E-state index in [0.717, 1.165) is 0 Å². The summed E-state index contributed by atoms with van der Waals surface area (Å²) in [6, 6.07) is 0.419. The summed E-state index contributed by atoms with van der Waals surface area (Å²) in [4.78, 5) is 10.5. The number of carbonyl (C=O) groups excluding carboxylic acids is 1. The van der Waals surface area contributed by atoms with E-state index in [1.54, 1.807) is 0 Å². The van der Waals surface area contributed by atoms with Gasteiger partial charge in [-0.2, -0.15) is 0 Å². The van der Waals surface area contributed by atoms with Gasteiger partial charge in [0.2, 0.25) is 5.91 Å². The maximum absolute atomic E-state index is 10.5. The van der Waals surface area contributed by atoms with E-state index in [0.29, 0.717) is 6.04 Å². The molecule has 0 aromatic carbocycles. The number of carbonyl (C=O) groups is 1. The number of amides is 1. The highest BCUT2D eigenvalue weighted by molar-refractivity contribution is 5.91. The largest absolute Gasteiger partial charge is 0.348 e. The normalized spacial score (nSPS) is 40.6. The molecule has 2 atom stereocenters. The molecule has 0 unspecified atom stereocenters. The lowest BCUT2D eigenvalue weighted by molar-refractivity contribution is -0.132. The van der Waals surface area contributed by atoms with Crippen LogP contribution < -0.4 is 5.32 Å². The van der Waals surface area contributed by atoms with Gasteiger partial charge in [0.25, 0.3) is 0 Å². The van der Waals surface area contributed by atoms with Gasteiger partial charge in [-0.1, -0.05) is 11.6 Å². The number of rotatable bonds is 0. The Hall–Kier alpha value is -0.790. The molecule has 0 radical (unpaired) electrons. The van der Waals surface area contributed by atoms with Gasteiger partial charge in [0.05, 0.1) is 12.0 Å². The lowest BCUT2D eigenvalue weighted by Gasteiger charge is -2.43. The first kappa shape index (κ1) is 4.13. The topological polar surface area (TPSA) is 29.1 Å². The van der Waals surface area contributed by atoms with E-state index in [1.165, 1.54) is 5.57 Å². The average molecular weight is 109 g/mol. The summed E-state index contributed by atoms with van der Waals surface area (Å²) in [6.07, 6.45) is 2.02. The lowest BCUT2D eigenvalue weighted by Crippen LogP contribution is -2.62. The standard InChI is InChI=1S/C6H7NO/c1-3-2-4-5(3)7-6(4)8/h2,4-5H,1H3,(H,7,8)/t4-,5+/m0/s1. The van der Waals surface area contributed by atoms with Crippen molar-refractivity contribution in [1.82, 2.24) is 5.32 Å². The Bertz CT molecular complexity index is 183. The highest BCUT2D eigenvalue weighted by Gasteiger charge is 2.44. The van der Waals surface area contributed by atoms with E-state index in [2.05, 4.69) is 5.32 Å². The fourth-order valence-corrected chi connectivity index (χ4v) is 1.23. The van der Waals surface area contributed by atoms with Crippen LogP contribution in [-0.2, 0) is 4.79 Å². The van der Waals surface area contributed by atoms with Gasteiger partial charge in [0, 0.05) is 0 Å².